The lowest BCUT2D eigenvalue weighted by Gasteiger charge is -2.10. The summed E-state index contributed by atoms with van der Waals surface area (Å²) in [5, 5.41) is 9.14. The highest BCUT2D eigenvalue weighted by Crippen LogP contribution is 2.15. The van der Waals surface area contributed by atoms with Crippen molar-refractivity contribution in [3.8, 4) is 0 Å². The van der Waals surface area contributed by atoms with Crippen LogP contribution >= 0.6 is 0 Å². The maximum Gasteiger partial charge on any atom is 0.228 e. The first-order valence-corrected chi connectivity index (χ1v) is 7.12. The number of anilines is 3. The summed E-state index contributed by atoms with van der Waals surface area (Å²) in [4.78, 5) is 21.4. The van der Waals surface area contributed by atoms with Crippen molar-refractivity contribution in [2.45, 2.75) is 6.92 Å². The predicted molar refractivity (Wildman–Crippen MR) is 89.1 cm³/mol. The van der Waals surface area contributed by atoms with Crippen LogP contribution in [0.1, 0.15) is 6.92 Å². The van der Waals surface area contributed by atoms with Gasteiger partial charge in [0.05, 0.1) is 12.0 Å². The molecule has 0 atom stereocenters. The molecule has 8 nitrogen and oxygen atoms in total. The molecule has 0 fully saturated rings. The van der Waals surface area contributed by atoms with Crippen LogP contribution in [0.15, 0.2) is 49.2 Å². The number of rotatable bonds is 6. The van der Waals surface area contributed by atoms with Crippen molar-refractivity contribution in [3.05, 3.63) is 49.2 Å². The zero-order valence-corrected chi connectivity index (χ0v) is 12.6. The first-order valence-electron chi connectivity index (χ1n) is 7.12. The fourth-order valence-electron chi connectivity index (χ4n) is 1.92. The van der Waals surface area contributed by atoms with Gasteiger partial charge in [0, 0.05) is 18.9 Å². The Labute approximate surface area is 133 Å². The molecule has 0 aliphatic carbocycles. The lowest BCUT2D eigenvalue weighted by molar-refractivity contribution is 0.862. The topological polar surface area (TPSA) is 101 Å². The quantitative estimate of drug-likeness (QED) is 0.636. The third-order valence-electron chi connectivity index (χ3n) is 2.88. The predicted octanol–water partition coefficient (Wildman–Crippen LogP) is 2.05. The minimum atomic E-state index is 0.455. The summed E-state index contributed by atoms with van der Waals surface area (Å²) in [6.07, 6.45) is 4.91. The zero-order valence-electron chi connectivity index (χ0n) is 12.6. The Bertz CT molecular complexity index is 818. The van der Waals surface area contributed by atoms with Gasteiger partial charge in [-0.2, -0.15) is 0 Å². The fourth-order valence-corrected chi connectivity index (χ4v) is 1.92. The second-order valence-corrected chi connectivity index (χ2v) is 4.63. The highest BCUT2D eigenvalue weighted by Gasteiger charge is 2.05. The second kappa shape index (κ2) is 6.65. The summed E-state index contributed by atoms with van der Waals surface area (Å²) in [6.45, 7) is 6.64. The Balaban J connectivity index is 1.84. The summed E-state index contributed by atoms with van der Waals surface area (Å²) in [7, 11) is 0. The van der Waals surface area contributed by atoms with E-state index in [-0.39, 0.29) is 0 Å². The maximum absolute atomic E-state index is 4.43. The molecular formula is C15H16N8. The average molecular weight is 308 g/mol. The Morgan fingerprint density at radius 2 is 1.87 bits per heavy atom. The van der Waals surface area contributed by atoms with Crippen LogP contribution in [-0.4, -0.2) is 31.5 Å². The van der Waals surface area contributed by atoms with Crippen LogP contribution in [0.4, 0.5) is 17.6 Å². The smallest absolute Gasteiger partial charge is 0.228 e. The number of hydrogen-bond acceptors (Lipinski definition) is 8. The minimum absolute atomic E-state index is 0.455. The van der Waals surface area contributed by atoms with Crippen LogP contribution in [0.2, 0.25) is 0 Å². The lowest BCUT2D eigenvalue weighted by Crippen LogP contribution is -2.18. The van der Waals surface area contributed by atoms with Gasteiger partial charge in [-0.15, -0.1) is 0 Å². The molecule has 3 heterocycles. The van der Waals surface area contributed by atoms with Gasteiger partial charge in [-0.1, -0.05) is 6.58 Å². The first kappa shape index (κ1) is 14.6. The number of aromatic nitrogens is 5. The molecular weight excluding hydrogens is 292 g/mol. The molecule has 0 aliphatic rings. The monoisotopic (exact) mass is 308 g/mol. The van der Waals surface area contributed by atoms with Gasteiger partial charge in [-0.25, -0.2) is 24.9 Å². The standard InChI is InChI=1S/C15H16N8/c1-3-16-10(2)20-12-6-5-11-14(21-12)22-13(9-19-11)23-15-17-7-4-8-18-15/h4-9,16H,2-3H2,1H3,(H2,17,18,20,21,22,23). The van der Waals surface area contributed by atoms with Crippen molar-refractivity contribution in [3.63, 3.8) is 0 Å². The molecule has 116 valence electrons. The fraction of sp³-hybridized carbons (Fsp3) is 0.133. The van der Waals surface area contributed by atoms with Crippen molar-refractivity contribution >= 4 is 28.7 Å². The molecule has 8 heteroatoms. The van der Waals surface area contributed by atoms with Crippen LogP contribution in [-0.2, 0) is 0 Å². The molecule has 3 N–H and O–H groups in total. The summed E-state index contributed by atoms with van der Waals surface area (Å²) in [5.74, 6) is 2.31. The van der Waals surface area contributed by atoms with Crippen LogP contribution < -0.4 is 16.0 Å². The highest BCUT2D eigenvalue weighted by atomic mass is 15.2. The van der Waals surface area contributed by atoms with Crippen molar-refractivity contribution in [2.24, 2.45) is 0 Å². The molecule has 0 bridgehead atoms. The maximum atomic E-state index is 4.43. The van der Waals surface area contributed by atoms with E-state index in [1.165, 1.54) is 0 Å². The van der Waals surface area contributed by atoms with Crippen LogP contribution in [0.25, 0.3) is 11.2 Å². The third-order valence-corrected chi connectivity index (χ3v) is 2.88. The van der Waals surface area contributed by atoms with Crippen molar-refractivity contribution in [1.82, 2.24) is 30.2 Å². The Kier molecular flexibility index (Phi) is 4.23. The summed E-state index contributed by atoms with van der Waals surface area (Å²) >= 11 is 0. The molecule has 0 spiro atoms. The van der Waals surface area contributed by atoms with Crippen LogP contribution in [0.3, 0.4) is 0 Å². The van der Waals surface area contributed by atoms with Crippen molar-refractivity contribution in [1.29, 1.82) is 0 Å². The van der Waals surface area contributed by atoms with Gasteiger partial charge in [0.15, 0.2) is 11.5 Å². The van der Waals surface area contributed by atoms with E-state index in [2.05, 4.69) is 47.4 Å². The van der Waals surface area contributed by atoms with E-state index in [1.807, 2.05) is 19.1 Å². The molecule has 0 radical (unpaired) electrons. The van der Waals surface area contributed by atoms with Crippen molar-refractivity contribution in [2.75, 3.05) is 17.2 Å². The van der Waals surface area contributed by atoms with Gasteiger partial charge in [-0.3, -0.25) is 0 Å². The largest absolute Gasteiger partial charge is 0.372 e. The zero-order chi connectivity index (χ0) is 16.1. The lowest BCUT2D eigenvalue weighted by atomic mass is 10.4. The molecule has 0 unspecified atom stereocenters. The van der Waals surface area contributed by atoms with Gasteiger partial charge < -0.3 is 16.0 Å². The van der Waals surface area contributed by atoms with Gasteiger partial charge >= 0.3 is 0 Å². The Morgan fingerprint density at radius 1 is 1.09 bits per heavy atom. The van der Waals surface area contributed by atoms with E-state index >= 15 is 0 Å². The van der Waals surface area contributed by atoms with Gasteiger partial charge in [0.1, 0.15) is 11.3 Å². The number of hydrogen-bond donors (Lipinski definition) is 3. The summed E-state index contributed by atoms with van der Waals surface area (Å²) in [5.41, 5.74) is 1.21. The summed E-state index contributed by atoms with van der Waals surface area (Å²) in [6, 6.07) is 5.42. The highest BCUT2D eigenvalue weighted by molar-refractivity contribution is 5.74. The molecule has 0 saturated carbocycles. The molecule has 0 saturated heterocycles. The van der Waals surface area contributed by atoms with E-state index in [0.717, 1.165) is 6.54 Å². The molecule has 0 aromatic carbocycles. The molecule has 23 heavy (non-hydrogen) atoms. The molecule has 0 aliphatic heterocycles. The van der Waals surface area contributed by atoms with E-state index in [1.54, 1.807) is 24.7 Å². The molecule has 3 aromatic rings. The first-order chi connectivity index (χ1) is 11.2. The number of fused-ring (bicyclic) bond motifs is 1. The van der Waals surface area contributed by atoms with Crippen LogP contribution in [0.5, 0.6) is 0 Å². The Hall–Kier alpha value is -3.29. The summed E-state index contributed by atoms with van der Waals surface area (Å²) < 4.78 is 0. The third kappa shape index (κ3) is 3.67. The second-order valence-electron chi connectivity index (χ2n) is 4.63. The SMILES string of the molecule is C=C(NCC)Nc1ccc2ncc(Nc3ncccn3)nc2n1. The minimum Gasteiger partial charge on any atom is -0.372 e. The molecule has 3 aromatic heterocycles. The van der Waals surface area contributed by atoms with E-state index in [4.69, 9.17) is 0 Å². The molecule has 3 rings (SSSR count). The van der Waals surface area contributed by atoms with E-state index in [9.17, 15) is 0 Å². The van der Waals surface area contributed by atoms with Crippen LogP contribution in [0, 0.1) is 0 Å². The normalized spacial score (nSPS) is 10.3. The Morgan fingerprint density at radius 3 is 2.65 bits per heavy atom. The molecule has 0 amide bonds. The van der Waals surface area contributed by atoms with Gasteiger partial charge in [-0.05, 0) is 25.1 Å². The van der Waals surface area contributed by atoms with Crippen molar-refractivity contribution < 1.29 is 0 Å². The number of pyridine rings is 1. The van der Waals surface area contributed by atoms with E-state index in [0.29, 0.717) is 34.6 Å². The number of nitrogens with zero attached hydrogens (tertiary/aromatic N) is 5. The van der Waals surface area contributed by atoms with Gasteiger partial charge in [0.25, 0.3) is 0 Å². The van der Waals surface area contributed by atoms with E-state index < -0.39 is 0 Å². The average Bonchev–Trinajstić information content (AvgIpc) is 2.56. The van der Waals surface area contributed by atoms with Gasteiger partial charge in [0.2, 0.25) is 5.95 Å². The number of nitrogens with one attached hydrogen (secondary N) is 3.